The van der Waals surface area contributed by atoms with E-state index in [1.165, 1.54) is 18.4 Å². The third-order valence-electron chi connectivity index (χ3n) is 2.63. The first-order valence-corrected chi connectivity index (χ1v) is 4.19. The summed E-state index contributed by atoms with van der Waals surface area (Å²) >= 11 is 0. The number of hydrogen-bond donors (Lipinski definition) is 2. The van der Waals surface area contributed by atoms with Crippen molar-refractivity contribution >= 4 is 0 Å². The minimum atomic E-state index is 0.431. The molecular weight excluding hydrogens is 136 g/mol. The van der Waals surface area contributed by atoms with Crippen LogP contribution >= 0.6 is 0 Å². The zero-order valence-corrected chi connectivity index (χ0v) is 7.48. The van der Waals surface area contributed by atoms with Crippen LogP contribution in [-0.4, -0.2) is 6.04 Å². The maximum atomic E-state index is 5.46. The number of nitrogens with two attached hydrogens (primary N) is 1. The van der Waals surface area contributed by atoms with Crippen LogP contribution in [0.15, 0.2) is 12.2 Å². The molecule has 0 spiro atoms. The first kappa shape index (κ1) is 8.75. The molecule has 0 aliphatic heterocycles. The summed E-state index contributed by atoms with van der Waals surface area (Å²) in [5.41, 5.74) is 4.54. The molecule has 64 valence electrons. The quantitative estimate of drug-likeness (QED) is 0.366. The molecule has 0 heterocycles. The van der Waals surface area contributed by atoms with Gasteiger partial charge < -0.3 is 0 Å². The van der Waals surface area contributed by atoms with E-state index >= 15 is 0 Å². The van der Waals surface area contributed by atoms with Gasteiger partial charge in [-0.1, -0.05) is 12.5 Å². The molecule has 2 nitrogen and oxygen atoms in total. The molecule has 1 aliphatic carbocycles. The Labute approximate surface area is 68.8 Å². The Morgan fingerprint density at radius 3 is 2.55 bits per heavy atom. The molecule has 1 aliphatic rings. The van der Waals surface area contributed by atoms with Gasteiger partial charge in [0, 0.05) is 6.04 Å². The summed E-state index contributed by atoms with van der Waals surface area (Å²) in [6, 6.07) is 0.431. The van der Waals surface area contributed by atoms with Gasteiger partial charge in [0.25, 0.3) is 0 Å². The fourth-order valence-corrected chi connectivity index (χ4v) is 1.40. The second kappa shape index (κ2) is 2.95. The van der Waals surface area contributed by atoms with Crippen molar-refractivity contribution in [1.82, 2.24) is 5.43 Å². The van der Waals surface area contributed by atoms with Crippen LogP contribution in [-0.2, 0) is 0 Å². The summed E-state index contributed by atoms with van der Waals surface area (Å²) in [4.78, 5) is 0. The highest BCUT2D eigenvalue weighted by atomic mass is 15.2. The van der Waals surface area contributed by atoms with Gasteiger partial charge in [-0.15, -0.1) is 6.58 Å². The van der Waals surface area contributed by atoms with Crippen molar-refractivity contribution in [2.75, 3.05) is 0 Å². The van der Waals surface area contributed by atoms with Gasteiger partial charge in [-0.2, -0.15) is 0 Å². The first-order valence-electron chi connectivity index (χ1n) is 4.19. The molecule has 11 heavy (non-hydrogen) atoms. The molecule has 1 rings (SSSR count). The lowest BCUT2D eigenvalue weighted by Gasteiger charge is -2.22. The smallest absolute Gasteiger partial charge is 0.0301 e. The van der Waals surface area contributed by atoms with Crippen LogP contribution in [0.2, 0.25) is 0 Å². The Morgan fingerprint density at radius 2 is 2.27 bits per heavy atom. The van der Waals surface area contributed by atoms with Crippen LogP contribution in [0.5, 0.6) is 0 Å². The van der Waals surface area contributed by atoms with Gasteiger partial charge >= 0.3 is 0 Å². The monoisotopic (exact) mass is 154 g/mol. The van der Waals surface area contributed by atoms with Crippen LogP contribution in [0.3, 0.4) is 0 Å². The van der Waals surface area contributed by atoms with Crippen molar-refractivity contribution in [3.8, 4) is 0 Å². The molecule has 0 radical (unpaired) electrons. The Balaban J connectivity index is 2.43. The predicted molar refractivity (Wildman–Crippen MR) is 47.9 cm³/mol. The molecule has 0 aromatic carbocycles. The van der Waals surface area contributed by atoms with E-state index in [2.05, 4.69) is 25.9 Å². The standard InChI is InChI=1S/C9H18N2/c1-7(2)6-8(11-10)9(3)4-5-9/h8,11H,1,4-6,10H2,2-3H3. The topological polar surface area (TPSA) is 38.0 Å². The second-order valence-corrected chi connectivity index (χ2v) is 4.03. The first-order chi connectivity index (χ1) is 5.08. The average Bonchev–Trinajstić information content (AvgIpc) is 2.63. The van der Waals surface area contributed by atoms with E-state index in [-0.39, 0.29) is 0 Å². The molecule has 0 saturated heterocycles. The molecular formula is C9H18N2. The number of rotatable bonds is 4. The van der Waals surface area contributed by atoms with Crippen molar-refractivity contribution in [1.29, 1.82) is 0 Å². The van der Waals surface area contributed by atoms with Crippen LogP contribution in [0.4, 0.5) is 0 Å². The molecule has 1 fully saturated rings. The molecule has 1 saturated carbocycles. The Bertz CT molecular complexity index is 159. The van der Waals surface area contributed by atoms with E-state index in [1.807, 2.05) is 0 Å². The summed E-state index contributed by atoms with van der Waals surface area (Å²) in [7, 11) is 0. The molecule has 0 amide bonds. The van der Waals surface area contributed by atoms with Crippen molar-refractivity contribution in [2.24, 2.45) is 11.3 Å². The molecule has 1 unspecified atom stereocenters. The van der Waals surface area contributed by atoms with E-state index < -0.39 is 0 Å². The summed E-state index contributed by atoms with van der Waals surface area (Å²) in [5.74, 6) is 5.46. The lowest BCUT2D eigenvalue weighted by Crippen LogP contribution is -2.41. The number of hydrazine groups is 1. The minimum Gasteiger partial charge on any atom is -0.271 e. The van der Waals surface area contributed by atoms with Gasteiger partial charge in [0.05, 0.1) is 0 Å². The van der Waals surface area contributed by atoms with Crippen molar-refractivity contribution in [3.05, 3.63) is 12.2 Å². The third kappa shape index (κ3) is 2.04. The highest BCUT2D eigenvalue weighted by Crippen LogP contribution is 2.49. The molecule has 0 bridgehead atoms. The maximum absolute atomic E-state index is 5.46. The van der Waals surface area contributed by atoms with Gasteiger partial charge in [-0.05, 0) is 31.6 Å². The fourth-order valence-electron chi connectivity index (χ4n) is 1.40. The molecule has 2 heteroatoms. The maximum Gasteiger partial charge on any atom is 0.0301 e. The summed E-state index contributed by atoms with van der Waals surface area (Å²) in [6.07, 6.45) is 3.61. The minimum absolute atomic E-state index is 0.431. The van der Waals surface area contributed by atoms with E-state index in [0.29, 0.717) is 11.5 Å². The van der Waals surface area contributed by atoms with E-state index in [9.17, 15) is 0 Å². The predicted octanol–water partition coefficient (Wildman–Crippen LogP) is 1.58. The highest BCUT2D eigenvalue weighted by molar-refractivity contribution is 5.04. The Kier molecular flexibility index (Phi) is 2.35. The van der Waals surface area contributed by atoms with Gasteiger partial charge in [0.1, 0.15) is 0 Å². The SMILES string of the molecule is C=C(C)CC(NN)C1(C)CC1. The summed E-state index contributed by atoms with van der Waals surface area (Å²) in [6.45, 7) is 8.22. The van der Waals surface area contributed by atoms with Gasteiger partial charge in [0.2, 0.25) is 0 Å². The molecule has 1 atom stereocenters. The van der Waals surface area contributed by atoms with Gasteiger partial charge in [-0.3, -0.25) is 11.3 Å². The van der Waals surface area contributed by atoms with E-state index in [1.54, 1.807) is 0 Å². The highest BCUT2D eigenvalue weighted by Gasteiger charge is 2.43. The zero-order chi connectivity index (χ0) is 8.48. The lowest BCUT2D eigenvalue weighted by molar-refractivity contribution is 0.359. The van der Waals surface area contributed by atoms with Crippen LogP contribution in [0.25, 0.3) is 0 Å². The number of hydrogen-bond acceptors (Lipinski definition) is 2. The summed E-state index contributed by atoms with van der Waals surface area (Å²) in [5, 5.41) is 0. The second-order valence-electron chi connectivity index (χ2n) is 4.03. The Hall–Kier alpha value is -0.340. The third-order valence-corrected chi connectivity index (χ3v) is 2.63. The van der Waals surface area contributed by atoms with Crippen molar-refractivity contribution < 1.29 is 0 Å². The number of nitrogens with one attached hydrogen (secondary N) is 1. The van der Waals surface area contributed by atoms with Crippen LogP contribution < -0.4 is 11.3 Å². The van der Waals surface area contributed by atoms with Crippen LogP contribution in [0, 0.1) is 5.41 Å². The van der Waals surface area contributed by atoms with Gasteiger partial charge in [-0.25, -0.2) is 0 Å². The van der Waals surface area contributed by atoms with Gasteiger partial charge in [0.15, 0.2) is 0 Å². The molecule has 0 aromatic rings. The Morgan fingerprint density at radius 1 is 1.73 bits per heavy atom. The van der Waals surface area contributed by atoms with Crippen molar-refractivity contribution in [3.63, 3.8) is 0 Å². The lowest BCUT2D eigenvalue weighted by atomic mass is 9.94. The molecule has 0 aromatic heterocycles. The zero-order valence-electron chi connectivity index (χ0n) is 7.48. The largest absolute Gasteiger partial charge is 0.271 e. The van der Waals surface area contributed by atoms with E-state index in [4.69, 9.17) is 5.84 Å². The normalized spacial score (nSPS) is 22.8. The van der Waals surface area contributed by atoms with E-state index in [0.717, 1.165) is 6.42 Å². The van der Waals surface area contributed by atoms with Crippen LogP contribution in [0.1, 0.15) is 33.1 Å². The van der Waals surface area contributed by atoms with Crippen molar-refractivity contribution in [2.45, 2.75) is 39.2 Å². The fraction of sp³-hybridized carbons (Fsp3) is 0.778. The summed E-state index contributed by atoms with van der Waals surface area (Å²) < 4.78 is 0. The average molecular weight is 154 g/mol. The molecule has 3 N–H and O–H groups in total.